The highest BCUT2D eigenvalue weighted by atomic mass is 35.5. The lowest BCUT2D eigenvalue weighted by atomic mass is 10.1. The fraction of sp³-hybridized carbons (Fsp3) is 0.167. The van der Waals surface area contributed by atoms with Crippen LogP contribution in [-0.4, -0.2) is 5.11 Å². The number of aromatic hydroxyl groups is 1. The molecule has 0 aliphatic rings. The summed E-state index contributed by atoms with van der Waals surface area (Å²) in [6.07, 6.45) is 0. The van der Waals surface area contributed by atoms with Crippen molar-refractivity contribution in [1.82, 2.24) is 0 Å². The van der Waals surface area contributed by atoms with Crippen LogP contribution in [0.1, 0.15) is 18.5 Å². The van der Waals surface area contributed by atoms with Crippen molar-refractivity contribution in [3.05, 3.63) is 43.5 Å². The molecule has 2 aromatic rings. The maximum Gasteiger partial charge on any atom is 0.152 e. The first-order valence-corrected chi connectivity index (χ1v) is 7.17. The Hall–Kier alpha value is -0.610. The molecule has 6 heteroatoms. The molecule has 0 radical (unpaired) electrons. The number of hydrogen-bond donors (Lipinski definition) is 2. The average molecular weight is 323 g/mol. The molecule has 1 unspecified atom stereocenters. The second kappa shape index (κ2) is 5.57. The second-order valence-electron chi connectivity index (χ2n) is 3.84. The number of phenolic OH excluding ortho intramolecular Hbond substituents is 1. The zero-order valence-electron chi connectivity index (χ0n) is 9.38. The minimum absolute atomic E-state index is 0.0745. The molecule has 2 N–H and O–H groups in total. The van der Waals surface area contributed by atoms with Gasteiger partial charge in [0.05, 0.1) is 14.4 Å². The number of anilines is 1. The van der Waals surface area contributed by atoms with E-state index in [0.717, 1.165) is 15.6 Å². The summed E-state index contributed by atoms with van der Waals surface area (Å²) < 4.78 is 0.750. The van der Waals surface area contributed by atoms with Gasteiger partial charge < -0.3 is 10.4 Å². The van der Waals surface area contributed by atoms with Crippen LogP contribution >= 0.6 is 46.1 Å². The third-order valence-corrected chi connectivity index (χ3v) is 4.17. The van der Waals surface area contributed by atoms with Gasteiger partial charge in [0.2, 0.25) is 0 Å². The van der Waals surface area contributed by atoms with Crippen LogP contribution in [-0.2, 0) is 0 Å². The molecular formula is C12H10Cl3NOS. The third-order valence-electron chi connectivity index (χ3n) is 2.49. The first kappa shape index (κ1) is 13.8. The van der Waals surface area contributed by atoms with E-state index in [9.17, 15) is 5.11 Å². The molecule has 0 bridgehead atoms. The normalized spacial score (nSPS) is 12.4. The first-order valence-electron chi connectivity index (χ1n) is 5.16. The standard InChI is InChI=1S/C12H10Cl3NOS/c1-6(7-2-11(15)18-5-7)16-8-3-9(13)12(17)10(14)4-8/h2-6,16-17H,1H3. The van der Waals surface area contributed by atoms with E-state index in [1.807, 2.05) is 18.4 Å². The van der Waals surface area contributed by atoms with E-state index >= 15 is 0 Å². The molecule has 18 heavy (non-hydrogen) atoms. The van der Waals surface area contributed by atoms with Crippen molar-refractivity contribution < 1.29 is 5.11 Å². The van der Waals surface area contributed by atoms with Crippen molar-refractivity contribution in [3.8, 4) is 5.75 Å². The molecule has 1 aromatic heterocycles. The molecule has 0 aliphatic carbocycles. The van der Waals surface area contributed by atoms with Gasteiger partial charge >= 0.3 is 0 Å². The van der Waals surface area contributed by atoms with Gasteiger partial charge in [-0.3, -0.25) is 0 Å². The molecule has 1 aromatic carbocycles. The van der Waals surface area contributed by atoms with Crippen LogP contribution in [0.3, 0.4) is 0 Å². The Labute approximate surface area is 124 Å². The highest BCUT2D eigenvalue weighted by Crippen LogP contribution is 2.36. The van der Waals surface area contributed by atoms with Gasteiger partial charge in [0.1, 0.15) is 0 Å². The van der Waals surface area contributed by atoms with Crippen LogP contribution in [0, 0.1) is 0 Å². The predicted molar refractivity (Wildman–Crippen MR) is 79.5 cm³/mol. The van der Waals surface area contributed by atoms with E-state index in [4.69, 9.17) is 34.8 Å². The van der Waals surface area contributed by atoms with Crippen LogP contribution < -0.4 is 5.32 Å². The van der Waals surface area contributed by atoms with Gasteiger partial charge in [-0.15, -0.1) is 11.3 Å². The lowest BCUT2D eigenvalue weighted by Crippen LogP contribution is -2.05. The number of hydrogen-bond acceptors (Lipinski definition) is 3. The summed E-state index contributed by atoms with van der Waals surface area (Å²) in [5.74, 6) is -0.102. The Balaban J connectivity index is 2.19. The molecular weight excluding hydrogens is 313 g/mol. The van der Waals surface area contributed by atoms with Crippen molar-refractivity contribution in [1.29, 1.82) is 0 Å². The van der Waals surface area contributed by atoms with Gasteiger partial charge in [0, 0.05) is 11.7 Å². The highest BCUT2D eigenvalue weighted by Gasteiger charge is 2.11. The van der Waals surface area contributed by atoms with Gasteiger partial charge in [-0.05, 0) is 36.1 Å². The quantitative estimate of drug-likeness (QED) is 0.722. The molecule has 1 atom stereocenters. The molecule has 0 aliphatic heterocycles. The molecule has 0 fully saturated rings. The Morgan fingerprint density at radius 3 is 2.28 bits per heavy atom. The van der Waals surface area contributed by atoms with Crippen LogP contribution in [0.4, 0.5) is 5.69 Å². The van der Waals surface area contributed by atoms with E-state index < -0.39 is 0 Å². The summed E-state index contributed by atoms with van der Waals surface area (Å²) in [7, 11) is 0. The van der Waals surface area contributed by atoms with E-state index in [0.29, 0.717) is 0 Å². The predicted octanol–water partition coefficient (Wildman–Crippen LogP) is 5.59. The van der Waals surface area contributed by atoms with Gasteiger partial charge in [-0.2, -0.15) is 0 Å². The summed E-state index contributed by atoms with van der Waals surface area (Å²) >= 11 is 19.1. The van der Waals surface area contributed by atoms with Gasteiger partial charge in [-0.25, -0.2) is 0 Å². The SMILES string of the molecule is CC(Nc1cc(Cl)c(O)c(Cl)c1)c1csc(Cl)c1. The van der Waals surface area contributed by atoms with E-state index in [1.165, 1.54) is 11.3 Å². The van der Waals surface area contributed by atoms with Crippen LogP contribution in [0.2, 0.25) is 14.4 Å². The van der Waals surface area contributed by atoms with Crippen molar-refractivity contribution >= 4 is 51.8 Å². The topological polar surface area (TPSA) is 32.3 Å². The van der Waals surface area contributed by atoms with Gasteiger partial charge in [0.15, 0.2) is 5.75 Å². The second-order valence-corrected chi connectivity index (χ2v) is 6.20. The fourth-order valence-electron chi connectivity index (χ4n) is 1.53. The van der Waals surface area contributed by atoms with E-state index in [2.05, 4.69) is 5.32 Å². The lowest BCUT2D eigenvalue weighted by molar-refractivity contribution is 0.476. The fourth-order valence-corrected chi connectivity index (χ4v) is 3.00. The largest absolute Gasteiger partial charge is 0.505 e. The summed E-state index contributed by atoms with van der Waals surface area (Å²) in [5, 5.41) is 15.2. The monoisotopic (exact) mass is 321 g/mol. The minimum Gasteiger partial charge on any atom is -0.505 e. The number of benzene rings is 1. The molecule has 1 heterocycles. The van der Waals surface area contributed by atoms with Crippen molar-refractivity contribution in [2.45, 2.75) is 13.0 Å². The molecule has 96 valence electrons. The Morgan fingerprint density at radius 1 is 1.17 bits per heavy atom. The molecule has 0 saturated heterocycles. The van der Waals surface area contributed by atoms with Gasteiger partial charge in [0.25, 0.3) is 0 Å². The van der Waals surface area contributed by atoms with Crippen molar-refractivity contribution in [2.75, 3.05) is 5.32 Å². The first-order chi connectivity index (χ1) is 8.47. The number of rotatable bonds is 3. The van der Waals surface area contributed by atoms with E-state index in [1.54, 1.807) is 12.1 Å². The average Bonchev–Trinajstić information content (AvgIpc) is 2.72. The van der Waals surface area contributed by atoms with Crippen LogP contribution in [0.25, 0.3) is 0 Å². The summed E-state index contributed by atoms with van der Waals surface area (Å²) in [6, 6.07) is 5.25. The number of nitrogens with one attached hydrogen (secondary N) is 1. The molecule has 0 amide bonds. The zero-order valence-corrected chi connectivity index (χ0v) is 12.5. The maximum atomic E-state index is 9.48. The Morgan fingerprint density at radius 2 is 1.78 bits per heavy atom. The smallest absolute Gasteiger partial charge is 0.152 e. The Bertz CT molecular complexity index is 547. The highest BCUT2D eigenvalue weighted by molar-refractivity contribution is 7.14. The van der Waals surface area contributed by atoms with E-state index in [-0.39, 0.29) is 21.8 Å². The van der Waals surface area contributed by atoms with Gasteiger partial charge in [-0.1, -0.05) is 34.8 Å². The summed E-state index contributed by atoms with van der Waals surface area (Å²) in [6.45, 7) is 2.01. The molecule has 0 saturated carbocycles. The number of halogens is 3. The molecule has 2 nitrogen and oxygen atoms in total. The number of phenols is 1. The van der Waals surface area contributed by atoms with Crippen molar-refractivity contribution in [2.24, 2.45) is 0 Å². The summed E-state index contributed by atoms with van der Waals surface area (Å²) in [5.41, 5.74) is 1.84. The maximum absolute atomic E-state index is 9.48. The third kappa shape index (κ3) is 3.04. The Kier molecular flexibility index (Phi) is 4.28. The van der Waals surface area contributed by atoms with Crippen molar-refractivity contribution in [3.63, 3.8) is 0 Å². The lowest BCUT2D eigenvalue weighted by Gasteiger charge is -2.15. The summed E-state index contributed by atoms with van der Waals surface area (Å²) in [4.78, 5) is 0. The molecule has 0 spiro atoms. The van der Waals surface area contributed by atoms with Crippen LogP contribution in [0.5, 0.6) is 5.75 Å². The van der Waals surface area contributed by atoms with Crippen LogP contribution in [0.15, 0.2) is 23.6 Å². The number of thiophene rings is 1. The minimum atomic E-state index is -0.102. The zero-order chi connectivity index (χ0) is 13.3. The molecule has 2 rings (SSSR count).